The number of halogens is 1. The first-order valence-electron chi connectivity index (χ1n) is 7.53. The molecule has 1 aliphatic rings. The molecule has 0 aliphatic heterocycles. The summed E-state index contributed by atoms with van der Waals surface area (Å²) in [6.07, 6.45) is 3.63. The Labute approximate surface area is 133 Å². The van der Waals surface area contributed by atoms with E-state index < -0.39 is 5.41 Å². The number of aromatic nitrogens is 1. The average Bonchev–Trinajstić information content (AvgIpc) is 3.08. The minimum Gasteiger partial charge on any atom is -0.301 e. The SMILES string of the molecule is Cc1nc(NC(=O)C2(c3ccc(F)cc3)CCCC2)sc1C. The summed E-state index contributed by atoms with van der Waals surface area (Å²) in [6.45, 7) is 3.93. The zero-order chi connectivity index (χ0) is 15.7. The molecule has 5 heteroatoms. The molecule has 0 atom stereocenters. The van der Waals surface area contributed by atoms with Crippen molar-refractivity contribution in [3.05, 3.63) is 46.2 Å². The van der Waals surface area contributed by atoms with Gasteiger partial charge in [-0.3, -0.25) is 4.79 Å². The first-order valence-corrected chi connectivity index (χ1v) is 8.34. The zero-order valence-electron chi connectivity index (χ0n) is 12.8. The van der Waals surface area contributed by atoms with Crippen LogP contribution in [0.4, 0.5) is 9.52 Å². The highest BCUT2D eigenvalue weighted by molar-refractivity contribution is 7.15. The van der Waals surface area contributed by atoms with E-state index in [1.807, 2.05) is 13.8 Å². The van der Waals surface area contributed by atoms with E-state index in [0.717, 1.165) is 41.8 Å². The summed E-state index contributed by atoms with van der Waals surface area (Å²) in [5.74, 6) is -0.297. The fourth-order valence-corrected chi connectivity index (χ4v) is 3.95. The van der Waals surface area contributed by atoms with Gasteiger partial charge < -0.3 is 5.32 Å². The van der Waals surface area contributed by atoms with Crippen molar-refractivity contribution < 1.29 is 9.18 Å². The monoisotopic (exact) mass is 318 g/mol. The smallest absolute Gasteiger partial charge is 0.236 e. The summed E-state index contributed by atoms with van der Waals surface area (Å²) in [5, 5.41) is 3.62. The Hall–Kier alpha value is -1.75. The van der Waals surface area contributed by atoms with Crippen molar-refractivity contribution in [2.24, 2.45) is 0 Å². The Morgan fingerprint density at radius 3 is 2.41 bits per heavy atom. The highest BCUT2D eigenvalue weighted by atomic mass is 32.1. The third-order valence-electron chi connectivity index (χ3n) is 4.54. The standard InChI is InChI=1S/C17H19FN2OS/c1-11-12(2)22-16(19-11)20-15(21)17(9-3-4-10-17)13-5-7-14(18)8-6-13/h5-8H,3-4,9-10H2,1-2H3,(H,19,20,21). The molecule has 2 aromatic rings. The number of nitrogens with zero attached hydrogens (tertiary/aromatic N) is 1. The second kappa shape index (κ2) is 5.80. The number of hydrogen-bond acceptors (Lipinski definition) is 3. The molecule has 1 aliphatic carbocycles. The van der Waals surface area contributed by atoms with Crippen LogP contribution < -0.4 is 5.32 Å². The van der Waals surface area contributed by atoms with Crippen LogP contribution in [0.2, 0.25) is 0 Å². The predicted molar refractivity (Wildman–Crippen MR) is 86.8 cm³/mol. The predicted octanol–water partition coefficient (Wildman–Crippen LogP) is 4.35. The molecule has 0 saturated heterocycles. The molecule has 1 saturated carbocycles. The lowest BCUT2D eigenvalue weighted by atomic mass is 9.78. The molecule has 22 heavy (non-hydrogen) atoms. The lowest BCUT2D eigenvalue weighted by Crippen LogP contribution is -2.38. The number of nitrogens with one attached hydrogen (secondary N) is 1. The minimum absolute atomic E-state index is 0.0228. The Morgan fingerprint density at radius 2 is 1.86 bits per heavy atom. The molecular weight excluding hydrogens is 299 g/mol. The number of hydrogen-bond donors (Lipinski definition) is 1. The summed E-state index contributed by atoms with van der Waals surface area (Å²) in [7, 11) is 0. The van der Waals surface area contributed by atoms with Crippen molar-refractivity contribution >= 4 is 22.4 Å². The van der Waals surface area contributed by atoms with Gasteiger partial charge in [0.1, 0.15) is 5.82 Å². The number of rotatable bonds is 3. The lowest BCUT2D eigenvalue weighted by Gasteiger charge is -2.27. The lowest BCUT2D eigenvalue weighted by molar-refractivity contribution is -0.121. The second-order valence-corrected chi connectivity index (χ2v) is 7.11. The van der Waals surface area contributed by atoms with Gasteiger partial charge in [0.25, 0.3) is 0 Å². The second-order valence-electron chi connectivity index (χ2n) is 5.91. The molecule has 1 aromatic heterocycles. The molecular formula is C17H19FN2OS. The maximum Gasteiger partial charge on any atom is 0.236 e. The Balaban J connectivity index is 1.90. The van der Waals surface area contributed by atoms with Crippen molar-refractivity contribution in [3.8, 4) is 0 Å². The summed E-state index contributed by atoms with van der Waals surface area (Å²) in [5.41, 5.74) is 1.29. The molecule has 3 nitrogen and oxygen atoms in total. The third-order valence-corrected chi connectivity index (χ3v) is 5.53. The summed E-state index contributed by atoms with van der Waals surface area (Å²) < 4.78 is 13.2. The molecule has 1 heterocycles. The number of benzene rings is 1. The van der Waals surface area contributed by atoms with Crippen molar-refractivity contribution in [2.75, 3.05) is 5.32 Å². The van der Waals surface area contributed by atoms with Crippen molar-refractivity contribution in [3.63, 3.8) is 0 Å². The highest BCUT2D eigenvalue weighted by Gasteiger charge is 2.43. The molecule has 1 N–H and O–H groups in total. The number of carbonyl (C=O) groups excluding carboxylic acids is 1. The molecule has 0 spiro atoms. The minimum atomic E-state index is -0.554. The number of anilines is 1. The fraction of sp³-hybridized carbons (Fsp3) is 0.412. The number of carbonyl (C=O) groups is 1. The third kappa shape index (κ3) is 2.65. The van der Waals surface area contributed by atoms with Gasteiger partial charge in [0.15, 0.2) is 5.13 Å². The number of amides is 1. The van der Waals surface area contributed by atoms with Crippen LogP contribution in [0.25, 0.3) is 0 Å². The summed E-state index contributed by atoms with van der Waals surface area (Å²) in [6, 6.07) is 6.33. The van der Waals surface area contributed by atoms with E-state index >= 15 is 0 Å². The highest BCUT2D eigenvalue weighted by Crippen LogP contribution is 2.42. The zero-order valence-corrected chi connectivity index (χ0v) is 13.6. The van der Waals surface area contributed by atoms with Gasteiger partial charge in [-0.25, -0.2) is 9.37 Å². The van der Waals surface area contributed by atoms with Crippen molar-refractivity contribution in [2.45, 2.75) is 44.9 Å². The van der Waals surface area contributed by atoms with Crippen molar-refractivity contribution in [1.82, 2.24) is 4.98 Å². The molecule has 116 valence electrons. The Kier molecular flexibility index (Phi) is 4.00. The number of aryl methyl sites for hydroxylation is 2. The summed E-state index contributed by atoms with van der Waals surface area (Å²) >= 11 is 1.49. The number of thiazole rings is 1. The molecule has 1 aromatic carbocycles. The normalized spacial score (nSPS) is 16.7. The van der Waals surface area contributed by atoms with Crippen LogP contribution in [-0.4, -0.2) is 10.9 Å². The first-order chi connectivity index (χ1) is 10.5. The Morgan fingerprint density at radius 1 is 1.23 bits per heavy atom. The molecule has 3 rings (SSSR count). The van der Waals surface area contributed by atoms with E-state index in [-0.39, 0.29) is 11.7 Å². The van der Waals surface area contributed by atoms with Gasteiger partial charge in [-0.2, -0.15) is 0 Å². The van der Waals surface area contributed by atoms with E-state index in [4.69, 9.17) is 0 Å². The van der Waals surface area contributed by atoms with Crippen LogP contribution in [-0.2, 0) is 10.2 Å². The molecule has 0 unspecified atom stereocenters. The quantitative estimate of drug-likeness (QED) is 0.914. The average molecular weight is 318 g/mol. The van der Waals surface area contributed by atoms with Gasteiger partial charge in [-0.15, -0.1) is 11.3 Å². The van der Waals surface area contributed by atoms with Gasteiger partial charge >= 0.3 is 0 Å². The van der Waals surface area contributed by atoms with Crippen LogP contribution in [0.1, 0.15) is 41.8 Å². The maximum atomic E-state index is 13.2. The van der Waals surface area contributed by atoms with Gasteiger partial charge in [0.05, 0.1) is 11.1 Å². The Bertz CT molecular complexity index is 668. The molecule has 1 fully saturated rings. The topological polar surface area (TPSA) is 42.0 Å². The van der Waals surface area contributed by atoms with E-state index in [0.29, 0.717) is 5.13 Å². The van der Waals surface area contributed by atoms with E-state index in [1.54, 1.807) is 12.1 Å². The van der Waals surface area contributed by atoms with E-state index in [9.17, 15) is 9.18 Å². The van der Waals surface area contributed by atoms with Crippen LogP contribution in [0.3, 0.4) is 0 Å². The van der Waals surface area contributed by atoms with Crippen LogP contribution in [0.15, 0.2) is 24.3 Å². The maximum absolute atomic E-state index is 13.2. The van der Waals surface area contributed by atoms with Crippen LogP contribution in [0.5, 0.6) is 0 Å². The molecule has 0 radical (unpaired) electrons. The van der Waals surface area contributed by atoms with E-state index in [2.05, 4.69) is 10.3 Å². The van der Waals surface area contributed by atoms with Gasteiger partial charge in [-0.1, -0.05) is 25.0 Å². The van der Waals surface area contributed by atoms with Crippen molar-refractivity contribution in [1.29, 1.82) is 0 Å². The van der Waals surface area contributed by atoms with Gasteiger partial charge in [0.2, 0.25) is 5.91 Å². The largest absolute Gasteiger partial charge is 0.301 e. The first kappa shape index (κ1) is 15.2. The van der Waals surface area contributed by atoms with Gasteiger partial charge in [-0.05, 0) is 44.4 Å². The molecule has 1 amide bonds. The summed E-state index contributed by atoms with van der Waals surface area (Å²) in [4.78, 5) is 18.4. The van der Waals surface area contributed by atoms with Crippen LogP contribution in [0, 0.1) is 19.7 Å². The fourth-order valence-electron chi connectivity index (χ4n) is 3.14. The molecule has 0 bridgehead atoms. The van der Waals surface area contributed by atoms with Crippen LogP contribution >= 0.6 is 11.3 Å². The van der Waals surface area contributed by atoms with E-state index in [1.165, 1.54) is 23.5 Å². The van der Waals surface area contributed by atoms with Gasteiger partial charge in [0, 0.05) is 4.88 Å².